The standard InChI is InChI=1S/C11H19N5O/c1-15-12-9-10(14-15)13-11(17)5-8-16-6-3-2-4-7-16/h9H,2-8H2,1H3,(H,13,14,17). The zero-order valence-corrected chi connectivity index (χ0v) is 10.2. The maximum atomic E-state index is 11.6. The summed E-state index contributed by atoms with van der Waals surface area (Å²) in [5.41, 5.74) is 0. The van der Waals surface area contributed by atoms with Crippen LogP contribution in [0.3, 0.4) is 0 Å². The van der Waals surface area contributed by atoms with E-state index in [0.717, 1.165) is 19.6 Å². The molecule has 0 atom stereocenters. The third kappa shape index (κ3) is 3.81. The maximum absolute atomic E-state index is 11.6. The number of likely N-dealkylation sites (tertiary alicyclic amines) is 1. The van der Waals surface area contributed by atoms with Crippen LogP contribution in [-0.2, 0) is 11.8 Å². The highest BCUT2D eigenvalue weighted by Crippen LogP contribution is 2.09. The highest BCUT2D eigenvalue weighted by atomic mass is 16.1. The fraction of sp³-hybridized carbons (Fsp3) is 0.727. The van der Waals surface area contributed by atoms with E-state index < -0.39 is 0 Å². The normalized spacial score (nSPS) is 17.0. The molecule has 1 amide bonds. The van der Waals surface area contributed by atoms with Crippen molar-refractivity contribution in [3.05, 3.63) is 6.20 Å². The molecule has 6 nitrogen and oxygen atoms in total. The Bertz CT molecular complexity index is 370. The fourth-order valence-corrected chi connectivity index (χ4v) is 2.05. The van der Waals surface area contributed by atoms with Gasteiger partial charge in [-0.05, 0) is 25.9 Å². The van der Waals surface area contributed by atoms with Crippen molar-refractivity contribution in [1.29, 1.82) is 0 Å². The molecule has 0 aliphatic carbocycles. The lowest BCUT2D eigenvalue weighted by molar-refractivity contribution is -0.116. The molecule has 1 fully saturated rings. The summed E-state index contributed by atoms with van der Waals surface area (Å²) in [6.07, 6.45) is 5.91. The molecule has 2 heterocycles. The number of hydrogen-bond donors (Lipinski definition) is 1. The lowest BCUT2D eigenvalue weighted by Gasteiger charge is -2.25. The molecule has 17 heavy (non-hydrogen) atoms. The average Bonchev–Trinajstić information content (AvgIpc) is 2.73. The third-order valence-corrected chi connectivity index (χ3v) is 2.97. The first-order valence-electron chi connectivity index (χ1n) is 6.12. The van der Waals surface area contributed by atoms with Crippen molar-refractivity contribution >= 4 is 11.7 Å². The van der Waals surface area contributed by atoms with E-state index in [1.165, 1.54) is 24.1 Å². The van der Waals surface area contributed by atoms with Crippen molar-refractivity contribution in [2.75, 3.05) is 25.0 Å². The first-order chi connectivity index (χ1) is 8.24. The van der Waals surface area contributed by atoms with Crippen LogP contribution in [0.4, 0.5) is 5.82 Å². The van der Waals surface area contributed by atoms with Crippen LogP contribution < -0.4 is 5.32 Å². The Kier molecular flexibility index (Phi) is 4.08. The predicted octanol–water partition coefficient (Wildman–Crippen LogP) is 0.630. The molecule has 1 aromatic heterocycles. The van der Waals surface area contributed by atoms with Crippen molar-refractivity contribution in [2.45, 2.75) is 25.7 Å². The van der Waals surface area contributed by atoms with Gasteiger partial charge >= 0.3 is 0 Å². The Morgan fingerprint density at radius 1 is 1.41 bits per heavy atom. The summed E-state index contributed by atoms with van der Waals surface area (Å²) in [7, 11) is 1.73. The number of carbonyl (C=O) groups excluding carboxylic acids is 1. The highest BCUT2D eigenvalue weighted by molar-refractivity contribution is 5.89. The van der Waals surface area contributed by atoms with Crippen LogP contribution in [0.5, 0.6) is 0 Å². The summed E-state index contributed by atoms with van der Waals surface area (Å²) < 4.78 is 0. The zero-order chi connectivity index (χ0) is 12.1. The van der Waals surface area contributed by atoms with Crippen molar-refractivity contribution in [2.24, 2.45) is 7.05 Å². The lowest BCUT2D eigenvalue weighted by atomic mass is 10.1. The number of anilines is 1. The van der Waals surface area contributed by atoms with E-state index in [-0.39, 0.29) is 5.91 Å². The number of rotatable bonds is 4. The maximum Gasteiger partial charge on any atom is 0.226 e. The second-order valence-corrected chi connectivity index (χ2v) is 4.42. The number of carbonyl (C=O) groups is 1. The van der Waals surface area contributed by atoms with Crippen LogP contribution in [0.1, 0.15) is 25.7 Å². The minimum absolute atomic E-state index is 0.0103. The van der Waals surface area contributed by atoms with Gasteiger partial charge in [-0.15, -0.1) is 5.10 Å². The number of aromatic nitrogens is 3. The molecule has 1 aliphatic heterocycles. The van der Waals surface area contributed by atoms with Crippen LogP contribution >= 0.6 is 0 Å². The lowest BCUT2D eigenvalue weighted by Crippen LogP contribution is -2.32. The quantitative estimate of drug-likeness (QED) is 0.834. The summed E-state index contributed by atoms with van der Waals surface area (Å²) in [6, 6.07) is 0. The van der Waals surface area contributed by atoms with Gasteiger partial charge in [0.05, 0.1) is 6.20 Å². The van der Waals surface area contributed by atoms with Gasteiger partial charge in [0, 0.05) is 20.0 Å². The van der Waals surface area contributed by atoms with Crippen LogP contribution in [0, 0.1) is 0 Å². The van der Waals surface area contributed by atoms with Gasteiger partial charge in [0.15, 0.2) is 5.82 Å². The monoisotopic (exact) mass is 237 g/mol. The topological polar surface area (TPSA) is 63.1 Å². The molecule has 2 rings (SSSR count). The Morgan fingerprint density at radius 3 is 2.82 bits per heavy atom. The summed E-state index contributed by atoms with van der Waals surface area (Å²) >= 11 is 0. The van der Waals surface area contributed by atoms with Gasteiger partial charge < -0.3 is 10.2 Å². The van der Waals surface area contributed by atoms with E-state index >= 15 is 0 Å². The number of nitrogens with zero attached hydrogens (tertiary/aromatic N) is 4. The highest BCUT2D eigenvalue weighted by Gasteiger charge is 2.12. The molecular formula is C11H19N5O. The summed E-state index contributed by atoms with van der Waals surface area (Å²) in [5, 5.41) is 10.6. The Balaban J connectivity index is 1.70. The van der Waals surface area contributed by atoms with E-state index in [1.54, 1.807) is 13.2 Å². The Hall–Kier alpha value is -1.43. The average molecular weight is 237 g/mol. The molecule has 0 spiro atoms. The molecule has 0 saturated carbocycles. The largest absolute Gasteiger partial charge is 0.308 e. The predicted molar refractivity (Wildman–Crippen MR) is 64.5 cm³/mol. The summed E-state index contributed by atoms with van der Waals surface area (Å²) in [4.78, 5) is 15.4. The zero-order valence-electron chi connectivity index (χ0n) is 10.2. The molecule has 94 valence electrons. The van der Waals surface area contributed by atoms with Gasteiger partial charge in [-0.25, -0.2) is 0 Å². The van der Waals surface area contributed by atoms with Crippen LogP contribution in [0.2, 0.25) is 0 Å². The van der Waals surface area contributed by atoms with Crippen LogP contribution in [0.25, 0.3) is 0 Å². The van der Waals surface area contributed by atoms with Gasteiger partial charge in [-0.3, -0.25) is 4.79 Å². The molecule has 6 heteroatoms. The first kappa shape index (κ1) is 12.0. The fourth-order valence-electron chi connectivity index (χ4n) is 2.05. The molecule has 0 unspecified atom stereocenters. The Morgan fingerprint density at radius 2 is 2.18 bits per heavy atom. The van der Waals surface area contributed by atoms with Gasteiger partial charge in [0.1, 0.15) is 0 Å². The van der Waals surface area contributed by atoms with Gasteiger partial charge in [0.25, 0.3) is 0 Å². The smallest absolute Gasteiger partial charge is 0.226 e. The van der Waals surface area contributed by atoms with Crippen LogP contribution in [-0.4, -0.2) is 45.4 Å². The Labute approximate surface area is 101 Å². The minimum atomic E-state index is 0.0103. The second-order valence-electron chi connectivity index (χ2n) is 4.42. The van der Waals surface area contributed by atoms with Crippen molar-refractivity contribution in [1.82, 2.24) is 19.9 Å². The van der Waals surface area contributed by atoms with Gasteiger partial charge in [0.2, 0.25) is 5.91 Å². The number of piperidine rings is 1. The van der Waals surface area contributed by atoms with Gasteiger partial charge in [-0.2, -0.15) is 9.90 Å². The van der Waals surface area contributed by atoms with Gasteiger partial charge in [-0.1, -0.05) is 6.42 Å². The van der Waals surface area contributed by atoms with E-state index in [4.69, 9.17) is 0 Å². The second kappa shape index (κ2) is 5.77. The van der Waals surface area contributed by atoms with Crippen molar-refractivity contribution in [3.8, 4) is 0 Å². The molecule has 1 saturated heterocycles. The first-order valence-corrected chi connectivity index (χ1v) is 6.12. The van der Waals surface area contributed by atoms with E-state index in [0.29, 0.717) is 12.2 Å². The number of nitrogens with one attached hydrogen (secondary N) is 1. The number of hydrogen-bond acceptors (Lipinski definition) is 4. The summed E-state index contributed by atoms with van der Waals surface area (Å²) in [5.74, 6) is 0.534. The van der Waals surface area contributed by atoms with Crippen molar-refractivity contribution in [3.63, 3.8) is 0 Å². The molecule has 1 aliphatic rings. The van der Waals surface area contributed by atoms with Crippen LogP contribution in [0.15, 0.2) is 6.20 Å². The molecular weight excluding hydrogens is 218 g/mol. The van der Waals surface area contributed by atoms with E-state index in [9.17, 15) is 4.79 Å². The minimum Gasteiger partial charge on any atom is -0.308 e. The van der Waals surface area contributed by atoms with E-state index in [2.05, 4.69) is 20.4 Å². The summed E-state index contributed by atoms with van der Waals surface area (Å²) in [6.45, 7) is 3.09. The number of aryl methyl sites for hydroxylation is 1. The van der Waals surface area contributed by atoms with Crippen molar-refractivity contribution < 1.29 is 4.79 Å². The molecule has 0 bridgehead atoms. The van der Waals surface area contributed by atoms with E-state index in [1.807, 2.05) is 0 Å². The third-order valence-electron chi connectivity index (χ3n) is 2.97. The molecule has 0 aromatic carbocycles. The SMILES string of the molecule is Cn1ncc(NC(=O)CCN2CCCCC2)n1. The number of amides is 1. The molecule has 0 radical (unpaired) electrons. The molecule has 1 N–H and O–H groups in total. The molecule has 1 aromatic rings.